The summed E-state index contributed by atoms with van der Waals surface area (Å²) in [5.74, 6) is 0.345. The Labute approximate surface area is 173 Å². The fourth-order valence-electron chi connectivity index (χ4n) is 3.73. The van der Waals surface area contributed by atoms with Crippen molar-refractivity contribution >= 4 is 23.5 Å². The van der Waals surface area contributed by atoms with Crippen LogP contribution < -0.4 is 14.4 Å². The zero-order chi connectivity index (χ0) is 21.1. The fraction of sp³-hybridized carbons (Fsp3) is 0.261. The number of allylic oxidation sites excluding steroid dienone is 1. The Balaban J connectivity index is 1.52. The summed E-state index contributed by atoms with van der Waals surface area (Å²) in [4.78, 5) is 27.1. The van der Waals surface area contributed by atoms with Gasteiger partial charge in [-0.3, -0.25) is 9.59 Å². The highest BCUT2D eigenvalue weighted by Crippen LogP contribution is 2.42. The molecule has 0 saturated carbocycles. The molecule has 0 aliphatic carbocycles. The maximum Gasteiger partial charge on any atom is 0.264 e. The lowest BCUT2D eigenvalue weighted by molar-refractivity contribution is -0.140. The van der Waals surface area contributed by atoms with Gasteiger partial charge in [-0.2, -0.15) is 5.26 Å². The molecule has 0 aromatic heterocycles. The van der Waals surface area contributed by atoms with E-state index >= 15 is 0 Å². The van der Waals surface area contributed by atoms with Crippen LogP contribution in [0.4, 0.5) is 5.69 Å². The van der Waals surface area contributed by atoms with Gasteiger partial charge in [0.2, 0.25) is 6.79 Å². The van der Waals surface area contributed by atoms with Crippen LogP contribution in [0.25, 0.3) is 6.08 Å². The number of carbonyl (C=O) groups is 2. The number of aliphatic hydroxyl groups is 1. The number of fused-ring (bicyclic) bond motifs is 2. The molecule has 0 saturated heterocycles. The number of rotatable bonds is 7. The van der Waals surface area contributed by atoms with Gasteiger partial charge in [0, 0.05) is 18.5 Å². The van der Waals surface area contributed by atoms with E-state index in [1.54, 1.807) is 48.5 Å². The van der Waals surface area contributed by atoms with Crippen LogP contribution >= 0.6 is 0 Å². The van der Waals surface area contributed by atoms with E-state index in [-0.39, 0.29) is 19.0 Å². The molecule has 2 aromatic carbocycles. The predicted octanol–water partition coefficient (Wildman–Crippen LogP) is 2.93. The van der Waals surface area contributed by atoms with E-state index in [9.17, 15) is 14.7 Å². The van der Waals surface area contributed by atoms with Gasteiger partial charge in [0.15, 0.2) is 22.9 Å². The monoisotopic (exact) mass is 404 g/mol. The third-order valence-electron chi connectivity index (χ3n) is 5.20. The molecular formula is C23H20N2O5. The largest absolute Gasteiger partial charge is 0.454 e. The van der Waals surface area contributed by atoms with Crippen molar-refractivity contribution in [2.24, 2.45) is 0 Å². The molecule has 0 radical (unpaired) electrons. The number of ether oxygens (including phenoxy) is 2. The number of unbranched alkanes of at least 4 members (excludes halogenated alkanes) is 1. The summed E-state index contributed by atoms with van der Waals surface area (Å²) in [7, 11) is 0. The van der Waals surface area contributed by atoms with Gasteiger partial charge in [0.1, 0.15) is 0 Å². The molecule has 1 amide bonds. The van der Waals surface area contributed by atoms with Crippen molar-refractivity contribution in [3.8, 4) is 17.6 Å². The molecule has 0 fully saturated rings. The predicted molar refractivity (Wildman–Crippen MR) is 109 cm³/mol. The summed E-state index contributed by atoms with van der Waals surface area (Å²) in [6, 6.07) is 14.3. The molecule has 0 bridgehead atoms. The highest BCUT2D eigenvalue weighted by molar-refractivity contribution is 6.10. The van der Waals surface area contributed by atoms with Crippen LogP contribution in [0.3, 0.4) is 0 Å². The summed E-state index contributed by atoms with van der Waals surface area (Å²) in [5, 5.41) is 19.9. The molecule has 2 heterocycles. The van der Waals surface area contributed by atoms with Crippen molar-refractivity contribution in [2.75, 3.05) is 18.2 Å². The maximum absolute atomic E-state index is 13.0. The van der Waals surface area contributed by atoms with Crippen molar-refractivity contribution in [1.82, 2.24) is 0 Å². The van der Waals surface area contributed by atoms with Gasteiger partial charge >= 0.3 is 0 Å². The van der Waals surface area contributed by atoms with Crippen LogP contribution in [0.15, 0.2) is 48.5 Å². The van der Waals surface area contributed by atoms with Crippen molar-refractivity contribution in [3.05, 3.63) is 59.7 Å². The smallest absolute Gasteiger partial charge is 0.264 e. The van der Waals surface area contributed by atoms with E-state index < -0.39 is 11.5 Å². The number of anilines is 1. The van der Waals surface area contributed by atoms with E-state index in [0.717, 1.165) is 5.56 Å². The van der Waals surface area contributed by atoms with Gasteiger partial charge in [-0.15, -0.1) is 0 Å². The van der Waals surface area contributed by atoms with Crippen molar-refractivity contribution in [1.29, 1.82) is 5.26 Å². The zero-order valence-electron chi connectivity index (χ0n) is 16.2. The van der Waals surface area contributed by atoms with Crippen LogP contribution in [0.1, 0.15) is 30.4 Å². The third-order valence-corrected chi connectivity index (χ3v) is 5.20. The molecular weight excluding hydrogens is 384 g/mol. The van der Waals surface area contributed by atoms with E-state index in [4.69, 9.17) is 14.7 Å². The highest BCUT2D eigenvalue weighted by Gasteiger charge is 2.50. The molecule has 0 unspecified atom stereocenters. The van der Waals surface area contributed by atoms with Crippen LogP contribution in [-0.4, -0.2) is 30.1 Å². The Morgan fingerprint density at radius 3 is 2.87 bits per heavy atom. The number of benzene rings is 2. The molecule has 152 valence electrons. The molecule has 7 heteroatoms. The van der Waals surface area contributed by atoms with Gasteiger partial charge in [0.05, 0.1) is 18.2 Å². The Kier molecular flexibility index (Phi) is 5.25. The lowest BCUT2D eigenvalue weighted by Gasteiger charge is -2.22. The second-order valence-corrected chi connectivity index (χ2v) is 7.19. The highest BCUT2D eigenvalue weighted by atomic mass is 16.7. The van der Waals surface area contributed by atoms with E-state index in [1.165, 1.54) is 11.0 Å². The van der Waals surface area contributed by atoms with Gasteiger partial charge in [-0.1, -0.05) is 30.3 Å². The minimum Gasteiger partial charge on any atom is -0.454 e. The molecule has 4 rings (SSSR count). The number of hydrogen-bond acceptors (Lipinski definition) is 6. The summed E-state index contributed by atoms with van der Waals surface area (Å²) in [6.45, 7) is 0.480. The third kappa shape index (κ3) is 3.53. The first-order valence-electron chi connectivity index (χ1n) is 9.64. The molecule has 30 heavy (non-hydrogen) atoms. The first kappa shape index (κ1) is 19.7. The number of para-hydroxylation sites is 1. The molecule has 2 aromatic rings. The van der Waals surface area contributed by atoms with Gasteiger partial charge in [-0.05, 0) is 36.3 Å². The first-order chi connectivity index (χ1) is 14.5. The van der Waals surface area contributed by atoms with Crippen LogP contribution in [0.2, 0.25) is 0 Å². The Bertz CT molecular complexity index is 1070. The first-order valence-corrected chi connectivity index (χ1v) is 9.64. The maximum atomic E-state index is 13.0. The molecule has 1 atom stereocenters. The minimum atomic E-state index is -1.92. The van der Waals surface area contributed by atoms with E-state index in [2.05, 4.69) is 6.07 Å². The number of ketones is 1. The summed E-state index contributed by atoms with van der Waals surface area (Å²) >= 11 is 0. The van der Waals surface area contributed by atoms with E-state index in [0.29, 0.717) is 42.1 Å². The van der Waals surface area contributed by atoms with Gasteiger partial charge in [-0.25, -0.2) is 0 Å². The van der Waals surface area contributed by atoms with Gasteiger partial charge < -0.3 is 19.5 Å². The average Bonchev–Trinajstić information content (AvgIpc) is 3.29. The number of carbonyl (C=O) groups excluding carboxylic acids is 2. The fourth-order valence-corrected chi connectivity index (χ4v) is 3.73. The molecule has 1 N–H and O–H groups in total. The van der Waals surface area contributed by atoms with Crippen molar-refractivity contribution in [2.45, 2.75) is 24.9 Å². The zero-order valence-corrected chi connectivity index (χ0v) is 16.2. The van der Waals surface area contributed by atoms with Crippen LogP contribution in [-0.2, 0) is 15.2 Å². The Morgan fingerprint density at radius 1 is 1.23 bits per heavy atom. The number of hydrogen-bond donors (Lipinski definition) is 1. The Morgan fingerprint density at radius 2 is 2.03 bits per heavy atom. The average molecular weight is 404 g/mol. The molecule has 2 aliphatic heterocycles. The summed E-state index contributed by atoms with van der Waals surface area (Å²) in [5.41, 5.74) is -0.178. The summed E-state index contributed by atoms with van der Waals surface area (Å²) < 4.78 is 10.6. The quantitative estimate of drug-likeness (QED) is 0.563. The summed E-state index contributed by atoms with van der Waals surface area (Å²) in [6.07, 6.45) is 3.40. The topological polar surface area (TPSA) is 99.9 Å². The number of nitrogens with zero attached hydrogens (tertiary/aromatic N) is 2. The van der Waals surface area contributed by atoms with E-state index in [1.807, 2.05) is 0 Å². The normalized spacial score (nSPS) is 19.2. The number of nitriles is 1. The molecule has 2 aliphatic rings. The second kappa shape index (κ2) is 8.01. The SMILES string of the molecule is N#CCCCN1C(=O)[C@](O)(CC(=O)/C=C\c2ccc3c(c2)OCO3)c2ccccc21. The molecule has 7 nitrogen and oxygen atoms in total. The van der Waals surface area contributed by atoms with Crippen molar-refractivity contribution < 1.29 is 24.2 Å². The van der Waals surface area contributed by atoms with Crippen molar-refractivity contribution in [3.63, 3.8) is 0 Å². The minimum absolute atomic E-state index is 0.168. The standard InChI is InChI=1S/C23H20N2O5/c24-11-3-4-12-25-19-6-2-1-5-18(19)23(28,22(25)27)14-17(26)9-7-16-8-10-20-21(13-16)30-15-29-20/h1-2,5-10,13,28H,3-4,12,14-15H2/b9-7-/t23-/m0/s1. The lowest BCUT2D eigenvalue weighted by Crippen LogP contribution is -2.42. The number of amides is 1. The second-order valence-electron chi connectivity index (χ2n) is 7.19. The lowest BCUT2D eigenvalue weighted by atomic mass is 9.89. The van der Waals surface area contributed by atoms with Crippen LogP contribution in [0, 0.1) is 11.3 Å². The molecule has 0 spiro atoms. The Hall–Kier alpha value is -3.63. The van der Waals surface area contributed by atoms with Crippen LogP contribution in [0.5, 0.6) is 11.5 Å². The van der Waals surface area contributed by atoms with Gasteiger partial charge in [0.25, 0.3) is 5.91 Å².